The molecule has 26 heavy (non-hydrogen) atoms. The smallest absolute Gasteiger partial charge is 0.407 e. The summed E-state index contributed by atoms with van der Waals surface area (Å²) in [5.41, 5.74) is 2.40. The molecular weight excluding hydrogens is 336 g/mol. The number of aryl methyl sites for hydroxylation is 1. The van der Waals surface area contributed by atoms with Crippen molar-refractivity contribution in [2.75, 3.05) is 13.1 Å². The van der Waals surface area contributed by atoms with E-state index in [0.717, 1.165) is 29.6 Å². The number of hydrogen-bond donors (Lipinski definition) is 1. The van der Waals surface area contributed by atoms with Crippen LogP contribution in [-0.4, -0.2) is 59.7 Å². The summed E-state index contributed by atoms with van der Waals surface area (Å²) in [5, 5.41) is 17.7. The summed E-state index contributed by atoms with van der Waals surface area (Å²) >= 11 is 0. The Hall–Kier alpha value is -3.10. The van der Waals surface area contributed by atoms with Crippen LogP contribution in [0.3, 0.4) is 0 Å². The fourth-order valence-electron chi connectivity index (χ4n) is 3.21. The van der Waals surface area contributed by atoms with Gasteiger partial charge < -0.3 is 14.7 Å². The predicted octanol–water partition coefficient (Wildman–Crippen LogP) is 2.04. The monoisotopic (exact) mass is 356 g/mol. The van der Waals surface area contributed by atoms with Gasteiger partial charge >= 0.3 is 6.09 Å². The lowest BCUT2D eigenvalue weighted by molar-refractivity contribution is 0.142. The zero-order valence-corrected chi connectivity index (χ0v) is 14.4. The van der Waals surface area contributed by atoms with Gasteiger partial charge in [-0.15, -0.1) is 0 Å². The summed E-state index contributed by atoms with van der Waals surface area (Å²) in [5.74, 6) is 0.512. The second-order valence-electron chi connectivity index (χ2n) is 6.44. The number of rotatable bonds is 3. The van der Waals surface area contributed by atoms with Crippen molar-refractivity contribution in [1.29, 1.82) is 0 Å². The first-order chi connectivity index (χ1) is 12.6. The van der Waals surface area contributed by atoms with E-state index < -0.39 is 6.09 Å². The third kappa shape index (κ3) is 3.19. The van der Waals surface area contributed by atoms with Crippen molar-refractivity contribution in [3.8, 4) is 17.1 Å². The van der Waals surface area contributed by atoms with E-state index in [2.05, 4.69) is 15.2 Å². The highest BCUT2D eigenvalue weighted by molar-refractivity contribution is 5.65. The number of aromatic nitrogens is 5. The molecule has 0 aliphatic carbocycles. The van der Waals surface area contributed by atoms with Gasteiger partial charge in [-0.05, 0) is 18.9 Å². The maximum atomic E-state index is 11.2. The van der Waals surface area contributed by atoms with Crippen LogP contribution in [0.4, 0.5) is 4.79 Å². The van der Waals surface area contributed by atoms with Gasteiger partial charge in [0, 0.05) is 38.3 Å². The second-order valence-corrected chi connectivity index (χ2v) is 6.44. The van der Waals surface area contributed by atoms with Crippen molar-refractivity contribution in [2.45, 2.75) is 25.4 Å². The Bertz CT molecular complexity index is 934. The largest absolute Gasteiger partial charge is 0.473 e. The summed E-state index contributed by atoms with van der Waals surface area (Å²) in [6.45, 7) is 1.01. The molecule has 1 amide bonds. The summed E-state index contributed by atoms with van der Waals surface area (Å²) < 4.78 is 9.65. The van der Waals surface area contributed by atoms with Gasteiger partial charge in [0.2, 0.25) is 5.88 Å². The summed E-state index contributed by atoms with van der Waals surface area (Å²) in [7, 11) is 1.85. The van der Waals surface area contributed by atoms with Crippen LogP contribution >= 0.6 is 0 Å². The Morgan fingerprint density at radius 3 is 2.92 bits per heavy atom. The molecule has 136 valence electrons. The molecule has 0 saturated carbocycles. The Balaban J connectivity index is 1.61. The van der Waals surface area contributed by atoms with Crippen LogP contribution in [0.1, 0.15) is 19.3 Å². The van der Waals surface area contributed by atoms with Gasteiger partial charge in [0.05, 0.1) is 24.3 Å². The molecular formula is C17H20N6O3. The van der Waals surface area contributed by atoms with Crippen LogP contribution in [0, 0.1) is 0 Å². The standard InChI is InChI=1S/C17H20N6O3/c1-21-10-12(9-19-21)14-11-23-15(4-6-18-23)16(20-14)26-13-3-2-7-22(8-5-13)17(24)25/h4,6,9-11,13H,2-3,5,7-8H2,1H3,(H,24,25)/t13-/m1/s1. The lowest BCUT2D eigenvalue weighted by Gasteiger charge is -2.18. The number of hydrogen-bond acceptors (Lipinski definition) is 5. The number of carbonyl (C=O) groups is 1. The van der Waals surface area contributed by atoms with Crippen LogP contribution in [0.15, 0.2) is 30.9 Å². The lowest BCUT2D eigenvalue weighted by Crippen LogP contribution is -2.30. The molecule has 0 aromatic carbocycles. The molecule has 0 bridgehead atoms. The third-order valence-electron chi connectivity index (χ3n) is 4.58. The van der Waals surface area contributed by atoms with E-state index in [4.69, 9.17) is 4.74 Å². The van der Waals surface area contributed by atoms with Gasteiger partial charge in [-0.3, -0.25) is 4.68 Å². The van der Waals surface area contributed by atoms with Crippen molar-refractivity contribution >= 4 is 11.6 Å². The molecule has 1 aliphatic heterocycles. The average Bonchev–Trinajstić information content (AvgIpc) is 3.19. The maximum Gasteiger partial charge on any atom is 0.407 e. The predicted molar refractivity (Wildman–Crippen MR) is 93.1 cm³/mol. The van der Waals surface area contributed by atoms with Gasteiger partial charge in [0.25, 0.3) is 0 Å². The SMILES string of the molecule is Cn1cc(-c2cn3nccc3c(O[C@@H]3CCCN(C(=O)O)CC3)n2)cn1. The highest BCUT2D eigenvalue weighted by Crippen LogP contribution is 2.26. The van der Waals surface area contributed by atoms with Gasteiger partial charge in [0.1, 0.15) is 11.6 Å². The van der Waals surface area contributed by atoms with E-state index in [0.29, 0.717) is 25.4 Å². The van der Waals surface area contributed by atoms with Gasteiger partial charge in [0.15, 0.2) is 0 Å². The zero-order valence-electron chi connectivity index (χ0n) is 14.4. The normalized spacial score (nSPS) is 18.0. The second kappa shape index (κ2) is 6.66. The van der Waals surface area contributed by atoms with Crippen LogP contribution in [0.25, 0.3) is 16.8 Å². The molecule has 0 radical (unpaired) electrons. The highest BCUT2D eigenvalue weighted by Gasteiger charge is 2.22. The molecule has 9 heteroatoms. The minimum atomic E-state index is -0.875. The number of nitrogens with zero attached hydrogens (tertiary/aromatic N) is 6. The quantitative estimate of drug-likeness (QED) is 0.771. The molecule has 9 nitrogen and oxygen atoms in total. The van der Waals surface area contributed by atoms with Crippen molar-refractivity contribution in [1.82, 2.24) is 29.3 Å². The maximum absolute atomic E-state index is 11.2. The molecule has 0 unspecified atom stereocenters. The minimum absolute atomic E-state index is 0.0744. The van der Waals surface area contributed by atoms with Crippen LogP contribution in [-0.2, 0) is 7.05 Å². The summed E-state index contributed by atoms with van der Waals surface area (Å²) in [6, 6.07) is 1.86. The van der Waals surface area contributed by atoms with E-state index in [-0.39, 0.29) is 6.10 Å². The van der Waals surface area contributed by atoms with E-state index in [9.17, 15) is 9.90 Å². The molecule has 0 spiro atoms. The first kappa shape index (κ1) is 16.4. The number of fused-ring (bicyclic) bond motifs is 1. The van der Waals surface area contributed by atoms with Crippen molar-refractivity contribution < 1.29 is 14.6 Å². The van der Waals surface area contributed by atoms with Crippen LogP contribution in [0.5, 0.6) is 5.88 Å². The van der Waals surface area contributed by atoms with Crippen molar-refractivity contribution in [2.24, 2.45) is 7.05 Å². The number of likely N-dealkylation sites (tertiary alicyclic amines) is 1. The van der Waals surface area contributed by atoms with Crippen molar-refractivity contribution in [3.05, 3.63) is 30.9 Å². The van der Waals surface area contributed by atoms with Crippen LogP contribution in [0.2, 0.25) is 0 Å². The van der Waals surface area contributed by atoms with Gasteiger partial charge in [-0.25, -0.2) is 14.3 Å². The first-order valence-electron chi connectivity index (χ1n) is 8.58. The van der Waals surface area contributed by atoms with Gasteiger partial charge in [-0.1, -0.05) is 0 Å². The van der Waals surface area contributed by atoms with E-state index in [1.807, 2.05) is 25.5 Å². The zero-order chi connectivity index (χ0) is 18.1. The minimum Gasteiger partial charge on any atom is -0.473 e. The Morgan fingerprint density at radius 2 is 2.15 bits per heavy atom. The molecule has 3 aromatic rings. The fraction of sp³-hybridized carbons (Fsp3) is 0.412. The molecule has 3 aromatic heterocycles. The van der Waals surface area contributed by atoms with Gasteiger partial charge in [-0.2, -0.15) is 10.2 Å². The lowest BCUT2D eigenvalue weighted by atomic mass is 10.1. The number of ether oxygens (including phenoxy) is 1. The summed E-state index contributed by atoms with van der Waals surface area (Å²) in [4.78, 5) is 17.3. The highest BCUT2D eigenvalue weighted by atomic mass is 16.5. The average molecular weight is 356 g/mol. The molecule has 1 atom stereocenters. The Morgan fingerprint density at radius 1 is 1.27 bits per heavy atom. The van der Waals surface area contributed by atoms with E-state index in [1.54, 1.807) is 21.6 Å². The Kier molecular flexibility index (Phi) is 4.19. The first-order valence-corrected chi connectivity index (χ1v) is 8.58. The third-order valence-corrected chi connectivity index (χ3v) is 4.58. The molecule has 1 fully saturated rings. The molecule has 4 heterocycles. The Labute approximate surface area is 149 Å². The number of amides is 1. The summed E-state index contributed by atoms with van der Waals surface area (Å²) in [6.07, 6.45) is 8.45. The molecule has 1 saturated heterocycles. The number of carboxylic acid groups (broad SMARTS) is 1. The van der Waals surface area contributed by atoms with E-state index >= 15 is 0 Å². The van der Waals surface area contributed by atoms with E-state index in [1.165, 1.54) is 4.90 Å². The molecule has 4 rings (SSSR count). The fourth-order valence-corrected chi connectivity index (χ4v) is 3.21. The molecule has 1 aliphatic rings. The van der Waals surface area contributed by atoms with Crippen LogP contribution < -0.4 is 4.74 Å². The van der Waals surface area contributed by atoms with Crippen molar-refractivity contribution in [3.63, 3.8) is 0 Å². The topological polar surface area (TPSA) is 97.8 Å². The molecule has 1 N–H and O–H groups in total.